The van der Waals surface area contributed by atoms with Crippen LogP contribution in [0.3, 0.4) is 0 Å². The maximum absolute atomic E-state index is 12.3. The number of nitrogens with one attached hydrogen (secondary N) is 1. The molecule has 1 fully saturated rings. The smallest absolute Gasteiger partial charge is 0.243 e. The number of amides is 1. The normalized spacial score (nSPS) is 18.7. The number of rotatable bonds is 5. The number of nitrogens with zero attached hydrogens (tertiary/aromatic N) is 3. The van der Waals surface area contributed by atoms with Gasteiger partial charge in [0, 0.05) is 37.6 Å². The van der Waals surface area contributed by atoms with E-state index in [1.807, 2.05) is 20.8 Å². The first-order valence-corrected chi connectivity index (χ1v) is 8.15. The van der Waals surface area contributed by atoms with Crippen molar-refractivity contribution in [2.45, 2.75) is 26.8 Å². The molecular formula is C14H24N4O2S. The Bertz CT molecular complexity index is 464. The van der Waals surface area contributed by atoms with Crippen LogP contribution < -0.4 is 5.32 Å². The lowest BCUT2D eigenvalue weighted by Gasteiger charge is -2.37. The summed E-state index contributed by atoms with van der Waals surface area (Å²) >= 11 is 1.52. The van der Waals surface area contributed by atoms with Gasteiger partial charge in [-0.1, -0.05) is 0 Å². The molecule has 1 atom stereocenters. The minimum atomic E-state index is -0.161. The van der Waals surface area contributed by atoms with Gasteiger partial charge in [0.2, 0.25) is 5.91 Å². The van der Waals surface area contributed by atoms with Gasteiger partial charge in [-0.15, -0.1) is 11.3 Å². The Morgan fingerprint density at radius 1 is 1.38 bits per heavy atom. The highest BCUT2D eigenvalue weighted by Gasteiger charge is 2.25. The fourth-order valence-corrected chi connectivity index (χ4v) is 3.24. The molecule has 118 valence electrons. The second-order valence-electron chi connectivity index (χ2n) is 5.43. The van der Waals surface area contributed by atoms with Crippen LogP contribution in [0.4, 0.5) is 5.13 Å². The zero-order valence-corrected chi connectivity index (χ0v) is 13.7. The van der Waals surface area contributed by atoms with Crippen molar-refractivity contribution in [3.05, 3.63) is 10.6 Å². The number of carbonyl (C=O) groups is 1. The fraction of sp³-hybridized carbons (Fsp3) is 0.714. The minimum absolute atomic E-state index is 0.000594. The minimum Gasteiger partial charge on any atom is -0.395 e. The highest BCUT2D eigenvalue weighted by Crippen LogP contribution is 2.21. The molecule has 7 heteroatoms. The van der Waals surface area contributed by atoms with E-state index >= 15 is 0 Å². The number of anilines is 1. The van der Waals surface area contributed by atoms with E-state index in [9.17, 15) is 4.79 Å². The van der Waals surface area contributed by atoms with E-state index in [1.54, 1.807) is 0 Å². The predicted octanol–water partition coefficient (Wildman–Crippen LogP) is 0.697. The Hall–Kier alpha value is -1.02. The van der Waals surface area contributed by atoms with Gasteiger partial charge < -0.3 is 10.4 Å². The van der Waals surface area contributed by atoms with E-state index in [0.717, 1.165) is 36.8 Å². The molecule has 1 unspecified atom stereocenters. The molecule has 2 N–H and O–H groups in total. The van der Waals surface area contributed by atoms with Crippen molar-refractivity contribution in [3.63, 3.8) is 0 Å². The molecule has 2 rings (SSSR count). The summed E-state index contributed by atoms with van der Waals surface area (Å²) in [6.45, 7) is 10.3. The van der Waals surface area contributed by atoms with Crippen molar-refractivity contribution in [2.24, 2.45) is 0 Å². The van der Waals surface area contributed by atoms with E-state index in [2.05, 4.69) is 20.1 Å². The summed E-state index contributed by atoms with van der Waals surface area (Å²) in [6.07, 6.45) is 0. The Kier molecular flexibility index (Phi) is 5.69. The van der Waals surface area contributed by atoms with Crippen LogP contribution in [0.2, 0.25) is 0 Å². The van der Waals surface area contributed by atoms with Crippen molar-refractivity contribution in [2.75, 3.05) is 44.6 Å². The molecular weight excluding hydrogens is 288 g/mol. The molecule has 0 spiro atoms. The van der Waals surface area contributed by atoms with Crippen molar-refractivity contribution in [1.82, 2.24) is 14.8 Å². The SMILES string of the molecule is Cc1nc(NC(=O)C(C)N2CCN(CCO)CC2)sc1C. The van der Waals surface area contributed by atoms with Crippen molar-refractivity contribution >= 4 is 22.4 Å². The molecule has 6 nitrogen and oxygen atoms in total. The summed E-state index contributed by atoms with van der Waals surface area (Å²) in [5.74, 6) is -0.000594. The second kappa shape index (κ2) is 7.31. The Balaban J connectivity index is 1.85. The number of hydrogen-bond donors (Lipinski definition) is 2. The van der Waals surface area contributed by atoms with Crippen LogP contribution in [0.15, 0.2) is 0 Å². The first-order valence-electron chi connectivity index (χ1n) is 7.33. The van der Waals surface area contributed by atoms with E-state index in [4.69, 9.17) is 5.11 Å². The van der Waals surface area contributed by atoms with Gasteiger partial charge in [-0.25, -0.2) is 4.98 Å². The molecule has 1 saturated heterocycles. The lowest BCUT2D eigenvalue weighted by molar-refractivity contribution is -0.121. The van der Waals surface area contributed by atoms with Gasteiger partial charge in [-0.05, 0) is 20.8 Å². The summed E-state index contributed by atoms with van der Waals surface area (Å²) < 4.78 is 0. The average Bonchev–Trinajstić information content (AvgIpc) is 2.77. The van der Waals surface area contributed by atoms with Gasteiger partial charge in [0.25, 0.3) is 0 Å². The summed E-state index contributed by atoms with van der Waals surface area (Å²) in [7, 11) is 0. The van der Waals surface area contributed by atoms with Crippen LogP contribution in [0, 0.1) is 13.8 Å². The largest absolute Gasteiger partial charge is 0.395 e. The summed E-state index contributed by atoms with van der Waals surface area (Å²) in [6, 6.07) is -0.161. The molecule has 1 aromatic rings. The van der Waals surface area contributed by atoms with Crippen LogP contribution in [-0.4, -0.2) is 71.2 Å². The van der Waals surface area contributed by atoms with E-state index in [-0.39, 0.29) is 18.6 Å². The van der Waals surface area contributed by atoms with Crippen molar-refractivity contribution < 1.29 is 9.90 Å². The number of thiazole rings is 1. The summed E-state index contributed by atoms with van der Waals surface area (Å²) in [5.41, 5.74) is 0.973. The summed E-state index contributed by atoms with van der Waals surface area (Å²) in [5, 5.41) is 12.5. The van der Waals surface area contributed by atoms with Crippen LogP contribution in [0.5, 0.6) is 0 Å². The number of aromatic nitrogens is 1. The van der Waals surface area contributed by atoms with Crippen molar-refractivity contribution in [1.29, 1.82) is 0 Å². The van der Waals surface area contributed by atoms with Gasteiger partial charge in [-0.2, -0.15) is 0 Å². The molecule has 2 heterocycles. The molecule has 0 aliphatic carbocycles. The lowest BCUT2D eigenvalue weighted by atomic mass is 10.2. The molecule has 21 heavy (non-hydrogen) atoms. The molecule has 0 bridgehead atoms. The standard InChI is InChI=1S/C14H24N4O2S/c1-10-12(3)21-14(15-10)16-13(20)11(2)18-6-4-17(5-7-18)8-9-19/h11,19H,4-9H2,1-3H3,(H,15,16,20). The predicted molar refractivity (Wildman–Crippen MR) is 84.8 cm³/mol. The monoisotopic (exact) mass is 312 g/mol. The third-order valence-electron chi connectivity index (χ3n) is 4.01. The Morgan fingerprint density at radius 3 is 2.57 bits per heavy atom. The number of carbonyl (C=O) groups excluding carboxylic acids is 1. The van der Waals surface area contributed by atoms with Crippen LogP contribution in [0.25, 0.3) is 0 Å². The van der Waals surface area contributed by atoms with Gasteiger partial charge in [0.15, 0.2) is 5.13 Å². The highest BCUT2D eigenvalue weighted by molar-refractivity contribution is 7.15. The molecule has 0 saturated carbocycles. The number of piperazine rings is 1. The van der Waals surface area contributed by atoms with Crippen molar-refractivity contribution in [3.8, 4) is 0 Å². The van der Waals surface area contributed by atoms with Crippen LogP contribution in [0.1, 0.15) is 17.5 Å². The zero-order valence-electron chi connectivity index (χ0n) is 12.9. The van der Waals surface area contributed by atoms with E-state index < -0.39 is 0 Å². The molecule has 0 aromatic carbocycles. The fourth-order valence-electron chi connectivity index (χ4n) is 2.42. The third kappa shape index (κ3) is 4.23. The molecule has 1 aliphatic heterocycles. The van der Waals surface area contributed by atoms with Gasteiger partial charge in [0.05, 0.1) is 18.3 Å². The molecule has 1 amide bonds. The Morgan fingerprint density at radius 2 is 2.05 bits per heavy atom. The topological polar surface area (TPSA) is 68.7 Å². The molecule has 0 radical (unpaired) electrons. The number of β-amino-alcohol motifs (C(OH)–C–C–N with tert-alkyl or cyclic N) is 1. The highest BCUT2D eigenvalue weighted by atomic mass is 32.1. The number of aliphatic hydroxyl groups excluding tert-OH is 1. The number of hydrogen-bond acceptors (Lipinski definition) is 6. The zero-order chi connectivity index (χ0) is 15.4. The average molecular weight is 312 g/mol. The summed E-state index contributed by atoms with van der Waals surface area (Å²) in [4.78, 5) is 22.2. The first-order chi connectivity index (χ1) is 10.0. The van der Waals surface area contributed by atoms with E-state index in [1.165, 1.54) is 11.3 Å². The second-order valence-corrected chi connectivity index (χ2v) is 6.63. The quantitative estimate of drug-likeness (QED) is 0.837. The first kappa shape index (κ1) is 16.4. The van der Waals surface area contributed by atoms with Crippen LogP contribution >= 0.6 is 11.3 Å². The molecule has 1 aromatic heterocycles. The van der Waals surface area contributed by atoms with Gasteiger partial charge >= 0.3 is 0 Å². The van der Waals surface area contributed by atoms with Crippen LogP contribution in [-0.2, 0) is 4.79 Å². The van der Waals surface area contributed by atoms with Gasteiger partial charge in [0.1, 0.15) is 0 Å². The van der Waals surface area contributed by atoms with E-state index in [0.29, 0.717) is 11.7 Å². The number of aliphatic hydroxyl groups is 1. The molecule has 1 aliphatic rings. The third-order valence-corrected chi connectivity index (χ3v) is 5.00. The maximum atomic E-state index is 12.3. The maximum Gasteiger partial charge on any atom is 0.243 e. The number of aryl methyl sites for hydroxylation is 2. The van der Waals surface area contributed by atoms with Gasteiger partial charge in [-0.3, -0.25) is 14.6 Å². The lowest BCUT2D eigenvalue weighted by Crippen LogP contribution is -2.53. The Labute approximate surface area is 129 Å².